The van der Waals surface area contributed by atoms with Crippen LogP contribution in [-0.4, -0.2) is 17.7 Å². The first-order valence-electron chi connectivity index (χ1n) is 8.24. The normalized spacial score (nSPS) is 15.7. The molecule has 0 radical (unpaired) electrons. The average molecular weight is 387 g/mol. The van der Waals surface area contributed by atoms with Gasteiger partial charge in [0.05, 0.1) is 5.69 Å². The topological polar surface area (TPSA) is 64.6 Å². The number of thioether (sulfide) groups is 1. The minimum absolute atomic E-state index is 0.201. The van der Waals surface area contributed by atoms with E-state index in [0.29, 0.717) is 5.75 Å². The summed E-state index contributed by atoms with van der Waals surface area (Å²) in [6.07, 6.45) is 1.29. The molecule has 0 saturated carbocycles. The van der Waals surface area contributed by atoms with E-state index in [1.54, 1.807) is 23.9 Å². The van der Waals surface area contributed by atoms with Crippen molar-refractivity contribution in [1.82, 2.24) is 0 Å². The molecule has 5 nitrogen and oxygen atoms in total. The number of nitrogens with one attached hydrogen (secondary N) is 1. The fourth-order valence-electron chi connectivity index (χ4n) is 2.38. The molecule has 1 N–H and O–H groups in total. The van der Waals surface area contributed by atoms with Crippen LogP contribution >= 0.6 is 11.8 Å². The molecule has 140 valence electrons. The molecule has 2 aromatic carbocycles. The summed E-state index contributed by atoms with van der Waals surface area (Å²) in [5, 5.41) is 2.97. The minimum atomic E-state index is -1.27. The number of anilines is 1. The number of cyclic esters (lactones) is 2. The van der Waals surface area contributed by atoms with E-state index in [4.69, 9.17) is 9.47 Å². The molecule has 7 heteroatoms. The molecule has 1 saturated heterocycles. The van der Waals surface area contributed by atoms with Gasteiger partial charge in [-0.2, -0.15) is 0 Å². The molecule has 0 atom stereocenters. The van der Waals surface area contributed by atoms with Crippen molar-refractivity contribution in [2.24, 2.45) is 0 Å². The lowest BCUT2D eigenvalue weighted by molar-refractivity contribution is -0.222. The lowest BCUT2D eigenvalue weighted by atomic mass is 10.2. The molecule has 0 bridgehead atoms. The molecular weight excluding hydrogens is 369 g/mol. The fraction of sp³-hybridized carbons (Fsp3) is 0.200. The number of hydrogen-bond donors (Lipinski definition) is 1. The number of ether oxygens (including phenoxy) is 2. The van der Waals surface area contributed by atoms with Gasteiger partial charge in [0.1, 0.15) is 5.82 Å². The van der Waals surface area contributed by atoms with E-state index in [2.05, 4.69) is 5.32 Å². The SMILES string of the molecule is CC1(C)OC(=O)C(=CNc2ccccc2SCc2ccc(F)cc2)C(=O)O1. The third kappa shape index (κ3) is 4.89. The third-order valence-corrected chi connectivity index (χ3v) is 4.83. The lowest BCUT2D eigenvalue weighted by Crippen LogP contribution is -2.42. The summed E-state index contributed by atoms with van der Waals surface area (Å²) in [7, 11) is 0. The van der Waals surface area contributed by atoms with Crippen LogP contribution in [0.1, 0.15) is 19.4 Å². The van der Waals surface area contributed by atoms with Crippen LogP contribution in [0.2, 0.25) is 0 Å². The molecule has 0 spiro atoms. The van der Waals surface area contributed by atoms with Crippen molar-refractivity contribution in [2.75, 3.05) is 5.32 Å². The molecule has 0 aliphatic carbocycles. The maximum atomic E-state index is 13.0. The van der Waals surface area contributed by atoms with Gasteiger partial charge < -0.3 is 14.8 Å². The molecule has 2 aromatic rings. The van der Waals surface area contributed by atoms with Gasteiger partial charge in [-0.05, 0) is 29.8 Å². The number of hydrogen-bond acceptors (Lipinski definition) is 6. The van der Waals surface area contributed by atoms with Crippen LogP contribution in [0.5, 0.6) is 0 Å². The predicted octanol–water partition coefficient (Wildman–Crippen LogP) is 4.25. The van der Waals surface area contributed by atoms with Crippen molar-refractivity contribution in [3.8, 4) is 0 Å². The molecule has 0 aromatic heterocycles. The molecule has 1 aliphatic rings. The maximum Gasteiger partial charge on any atom is 0.350 e. The summed E-state index contributed by atoms with van der Waals surface area (Å²) in [4.78, 5) is 24.9. The average Bonchev–Trinajstić information content (AvgIpc) is 2.60. The van der Waals surface area contributed by atoms with Gasteiger partial charge in [0.15, 0.2) is 5.57 Å². The second-order valence-corrected chi connectivity index (χ2v) is 7.31. The van der Waals surface area contributed by atoms with Crippen molar-refractivity contribution in [2.45, 2.75) is 30.3 Å². The Hall–Kier alpha value is -2.80. The molecule has 3 rings (SSSR count). The highest BCUT2D eigenvalue weighted by Crippen LogP contribution is 2.30. The molecule has 0 unspecified atom stereocenters. The van der Waals surface area contributed by atoms with Gasteiger partial charge in [-0.15, -0.1) is 11.8 Å². The Bertz CT molecular complexity index is 871. The minimum Gasteiger partial charge on any atom is -0.419 e. The predicted molar refractivity (Wildman–Crippen MR) is 100 cm³/mol. The van der Waals surface area contributed by atoms with E-state index in [1.165, 1.54) is 32.2 Å². The van der Waals surface area contributed by atoms with Crippen molar-refractivity contribution >= 4 is 29.4 Å². The molecule has 0 amide bonds. The number of para-hydroxylation sites is 1. The summed E-state index contributed by atoms with van der Waals surface area (Å²) in [6, 6.07) is 13.8. The summed E-state index contributed by atoms with van der Waals surface area (Å²) in [5.41, 5.74) is 1.51. The number of benzene rings is 2. The van der Waals surface area contributed by atoms with Gasteiger partial charge >= 0.3 is 11.9 Å². The monoisotopic (exact) mass is 387 g/mol. The fourth-order valence-corrected chi connectivity index (χ4v) is 3.35. The summed E-state index contributed by atoms with van der Waals surface area (Å²) >= 11 is 1.55. The molecule has 1 fully saturated rings. The highest BCUT2D eigenvalue weighted by Gasteiger charge is 2.38. The van der Waals surface area contributed by atoms with E-state index in [-0.39, 0.29) is 11.4 Å². The zero-order valence-corrected chi connectivity index (χ0v) is 15.6. The van der Waals surface area contributed by atoms with Gasteiger partial charge in [-0.3, -0.25) is 0 Å². The van der Waals surface area contributed by atoms with Crippen LogP contribution < -0.4 is 5.32 Å². The van der Waals surface area contributed by atoms with Crippen LogP contribution in [-0.2, 0) is 24.8 Å². The Morgan fingerprint density at radius 2 is 1.67 bits per heavy atom. The number of carbonyl (C=O) groups is 2. The van der Waals surface area contributed by atoms with Gasteiger partial charge in [0.2, 0.25) is 0 Å². The van der Waals surface area contributed by atoms with Crippen molar-refractivity contribution in [1.29, 1.82) is 0 Å². The zero-order valence-electron chi connectivity index (χ0n) is 14.8. The molecule has 1 heterocycles. The number of rotatable bonds is 5. The van der Waals surface area contributed by atoms with Crippen LogP contribution in [0.3, 0.4) is 0 Å². The number of esters is 2. The standard InChI is InChI=1S/C20H18FNO4S/c1-20(2)25-18(23)15(19(24)26-20)11-22-16-5-3-4-6-17(16)27-12-13-7-9-14(21)10-8-13/h3-11,22H,12H2,1-2H3. The summed E-state index contributed by atoms with van der Waals surface area (Å²) in [6.45, 7) is 2.99. The van der Waals surface area contributed by atoms with E-state index >= 15 is 0 Å². The highest BCUT2D eigenvalue weighted by atomic mass is 32.2. The number of halogens is 1. The lowest BCUT2D eigenvalue weighted by Gasteiger charge is -2.29. The highest BCUT2D eigenvalue weighted by molar-refractivity contribution is 7.98. The van der Waals surface area contributed by atoms with E-state index < -0.39 is 17.7 Å². The third-order valence-electron chi connectivity index (χ3n) is 3.68. The Kier molecular flexibility index (Phi) is 5.51. The van der Waals surface area contributed by atoms with E-state index in [0.717, 1.165) is 16.1 Å². The Balaban J connectivity index is 1.71. The van der Waals surface area contributed by atoms with Crippen molar-refractivity contribution < 1.29 is 23.5 Å². The van der Waals surface area contributed by atoms with Crippen molar-refractivity contribution in [3.63, 3.8) is 0 Å². The first kappa shape index (κ1) is 19.0. The first-order valence-corrected chi connectivity index (χ1v) is 9.22. The summed E-state index contributed by atoms with van der Waals surface area (Å²) in [5.74, 6) is -2.37. The van der Waals surface area contributed by atoms with Crippen LogP contribution in [0.15, 0.2) is 65.2 Å². The van der Waals surface area contributed by atoms with Crippen LogP contribution in [0, 0.1) is 5.82 Å². The van der Waals surface area contributed by atoms with Crippen molar-refractivity contribution in [3.05, 3.63) is 71.7 Å². The van der Waals surface area contributed by atoms with E-state index in [1.807, 2.05) is 24.3 Å². The van der Waals surface area contributed by atoms with Gasteiger partial charge in [-0.25, -0.2) is 14.0 Å². The second kappa shape index (κ2) is 7.84. The maximum absolute atomic E-state index is 13.0. The largest absolute Gasteiger partial charge is 0.419 e. The Morgan fingerprint density at radius 1 is 1.04 bits per heavy atom. The smallest absolute Gasteiger partial charge is 0.350 e. The van der Waals surface area contributed by atoms with E-state index in [9.17, 15) is 14.0 Å². The zero-order chi connectivity index (χ0) is 19.4. The Morgan fingerprint density at radius 3 is 2.33 bits per heavy atom. The van der Waals surface area contributed by atoms with Crippen LogP contribution in [0.4, 0.5) is 10.1 Å². The molecular formula is C20H18FNO4S. The van der Waals surface area contributed by atoms with Gasteiger partial charge in [0, 0.05) is 30.7 Å². The molecule has 1 aliphatic heterocycles. The van der Waals surface area contributed by atoms with Gasteiger partial charge in [-0.1, -0.05) is 24.3 Å². The quantitative estimate of drug-likeness (QED) is 0.358. The Labute approximate surface area is 160 Å². The molecule has 27 heavy (non-hydrogen) atoms. The summed E-state index contributed by atoms with van der Waals surface area (Å²) < 4.78 is 23.1. The van der Waals surface area contributed by atoms with Gasteiger partial charge in [0.25, 0.3) is 5.79 Å². The first-order chi connectivity index (χ1) is 12.8. The number of carbonyl (C=O) groups excluding carboxylic acids is 2. The van der Waals surface area contributed by atoms with Crippen LogP contribution in [0.25, 0.3) is 0 Å². The second-order valence-electron chi connectivity index (χ2n) is 6.29.